The summed E-state index contributed by atoms with van der Waals surface area (Å²) in [5, 5.41) is 15.9. The van der Waals surface area contributed by atoms with Gasteiger partial charge < -0.3 is 21.5 Å². The number of aromatic nitrogens is 1. The minimum Gasteiger partial charge on any atom is -0.481 e. The van der Waals surface area contributed by atoms with Crippen molar-refractivity contribution in [2.24, 2.45) is 10.7 Å². The molecule has 0 bridgehead atoms. The summed E-state index contributed by atoms with van der Waals surface area (Å²) < 4.78 is 0. The third-order valence-corrected chi connectivity index (χ3v) is 4.61. The molecule has 3 rings (SSSR count). The molecular weight excluding hydrogens is 410 g/mol. The predicted molar refractivity (Wildman–Crippen MR) is 121 cm³/mol. The van der Waals surface area contributed by atoms with Crippen LogP contribution in [0, 0.1) is 0 Å². The molecule has 1 aromatic heterocycles. The van der Waals surface area contributed by atoms with Crippen molar-refractivity contribution < 1.29 is 19.5 Å². The number of hydrogen-bond donors (Lipinski definition) is 4. The van der Waals surface area contributed by atoms with Gasteiger partial charge in [0.05, 0.1) is 30.5 Å². The summed E-state index contributed by atoms with van der Waals surface area (Å²) in [6.07, 6.45) is 2.73. The Bertz CT molecular complexity index is 1170. The molecule has 1 heterocycles. The highest BCUT2D eigenvalue weighted by Crippen LogP contribution is 2.26. The quantitative estimate of drug-likeness (QED) is 0.317. The highest BCUT2D eigenvalue weighted by atomic mass is 16.4. The van der Waals surface area contributed by atoms with E-state index in [-0.39, 0.29) is 13.0 Å². The molecule has 1 unspecified atom stereocenters. The smallest absolute Gasteiger partial charge is 0.305 e. The molecule has 0 spiro atoms. The Kier molecular flexibility index (Phi) is 7.12. The Labute approximate surface area is 184 Å². The molecule has 0 aliphatic rings. The first-order valence-corrected chi connectivity index (χ1v) is 9.86. The summed E-state index contributed by atoms with van der Waals surface area (Å²) in [6, 6.07) is 13.3. The van der Waals surface area contributed by atoms with Crippen molar-refractivity contribution in [2.45, 2.75) is 19.4 Å². The molecule has 2 amide bonds. The SMILES string of the molecule is CC(N)=Nc1cc(C(=O)NCC(=O)NC(CC(=O)O)c2cccnc2)c2ccccc2c1. The van der Waals surface area contributed by atoms with Crippen LogP contribution in [0.5, 0.6) is 0 Å². The van der Waals surface area contributed by atoms with E-state index >= 15 is 0 Å². The zero-order valence-corrected chi connectivity index (χ0v) is 17.4. The summed E-state index contributed by atoms with van der Waals surface area (Å²) in [6.45, 7) is 1.32. The van der Waals surface area contributed by atoms with Gasteiger partial charge in [0.25, 0.3) is 5.91 Å². The standard InChI is InChI=1S/C23H23N5O4/c1-14(24)27-17-9-15-5-2-3-7-18(15)19(10-17)23(32)26-13-21(29)28-20(11-22(30)31)16-6-4-8-25-12-16/h2-10,12,20H,11,13H2,1H3,(H2,24,27)(H,26,32)(H,28,29)(H,30,31). The summed E-state index contributed by atoms with van der Waals surface area (Å²) in [5.74, 6) is -1.70. The van der Waals surface area contributed by atoms with Crippen LogP contribution in [-0.4, -0.2) is 40.3 Å². The topological polar surface area (TPSA) is 147 Å². The average Bonchev–Trinajstić information content (AvgIpc) is 2.76. The minimum absolute atomic E-state index is 0.311. The zero-order chi connectivity index (χ0) is 23.1. The van der Waals surface area contributed by atoms with Gasteiger partial charge in [-0.1, -0.05) is 30.3 Å². The molecule has 0 saturated carbocycles. The number of carbonyl (C=O) groups is 3. The number of aliphatic carboxylic acids is 1. The summed E-state index contributed by atoms with van der Waals surface area (Å²) >= 11 is 0. The lowest BCUT2D eigenvalue weighted by molar-refractivity contribution is -0.137. The largest absolute Gasteiger partial charge is 0.481 e. The fourth-order valence-electron chi connectivity index (χ4n) is 3.26. The van der Waals surface area contributed by atoms with Crippen LogP contribution in [-0.2, 0) is 9.59 Å². The lowest BCUT2D eigenvalue weighted by atomic mass is 10.0. The molecule has 0 aliphatic carbocycles. The Hall–Kier alpha value is -4.27. The third kappa shape index (κ3) is 5.88. The van der Waals surface area contributed by atoms with E-state index in [0.717, 1.165) is 5.39 Å². The van der Waals surface area contributed by atoms with Crippen LogP contribution in [0.15, 0.2) is 65.9 Å². The highest BCUT2D eigenvalue weighted by molar-refractivity contribution is 6.09. The van der Waals surface area contributed by atoms with E-state index in [1.807, 2.05) is 24.3 Å². The fourth-order valence-corrected chi connectivity index (χ4v) is 3.26. The summed E-state index contributed by atoms with van der Waals surface area (Å²) in [5.41, 5.74) is 7.11. The van der Waals surface area contributed by atoms with Crippen LogP contribution in [0.4, 0.5) is 5.69 Å². The maximum absolute atomic E-state index is 12.9. The van der Waals surface area contributed by atoms with Gasteiger partial charge in [0.2, 0.25) is 5.91 Å². The van der Waals surface area contributed by atoms with Gasteiger partial charge in [0.1, 0.15) is 0 Å². The van der Waals surface area contributed by atoms with Gasteiger partial charge in [-0.3, -0.25) is 19.4 Å². The van der Waals surface area contributed by atoms with Crippen molar-refractivity contribution in [1.82, 2.24) is 15.6 Å². The molecule has 32 heavy (non-hydrogen) atoms. The monoisotopic (exact) mass is 433 g/mol. The predicted octanol–water partition coefficient (Wildman–Crippen LogP) is 2.31. The van der Waals surface area contributed by atoms with Gasteiger partial charge in [-0.05, 0) is 41.5 Å². The number of fused-ring (bicyclic) bond motifs is 1. The van der Waals surface area contributed by atoms with E-state index in [0.29, 0.717) is 28.0 Å². The molecule has 9 heteroatoms. The number of carbonyl (C=O) groups excluding carboxylic acids is 2. The van der Waals surface area contributed by atoms with Crippen molar-refractivity contribution in [1.29, 1.82) is 0 Å². The molecular formula is C23H23N5O4. The van der Waals surface area contributed by atoms with Gasteiger partial charge in [0.15, 0.2) is 0 Å². The molecule has 0 radical (unpaired) electrons. The molecule has 0 fully saturated rings. The number of aliphatic imine (C=N–C) groups is 1. The molecule has 9 nitrogen and oxygen atoms in total. The molecule has 5 N–H and O–H groups in total. The van der Waals surface area contributed by atoms with E-state index in [4.69, 9.17) is 10.8 Å². The maximum Gasteiger partial charge on any atom is 0.305 e. The van der Waals surface area contributed by atoms with Crippen LogP contribution in [0.3, 0.4) is 0 Å². The van der Waals surface area contributed by atoms with Crippen molar-refractivity contribution in [3.63, 3.8) is 0 Å². The number of pyridine rings is 1. The van der Waals surface area contributed by atoms with Crippen LogP contribution in [0.2, 0.25) is 0 Å². The number of nitrogens with one attached hydrogen (secondary N) is 2. The lowest BCUT2D eigenvalue weighted by Crippen LogP contribution is -2.39. The molecule has 164 valence electrons. The average molecular weight is 433 g/mol. The van der Waals surface area contributed by atoms with Crippen LogP contribution in [0.1, 0.15) is 35.3 Å². The van der Waals surface area contributed by atoms with E-state index in [1.165, 1.54) is 6.20 Å². The van der Waals surface area contributed by atoms with E-state index < -0.39 is 23.8 Å². The maximum atomic E-state index is 12.9. The number of amidine groups is 1. The van der Waals surface area contributed by atoms with Crippen LogP contribution < -0.4 is 16.4 Å². The number of rotatable bonds is 8. The second-order valence-electron chi connectivity index (χ2n) is 7.15. The van der Waals surface area contributed by atoms with Crippen molar-refractivity contribution in [2.75, 3.05) is 6.54 Å². The third-order valence-electron chi connectivity index (χ3n) is 4.61. The molecule has 0 saturated heterocycles. The first-order chi connectivity index (χ1) is 15.3. The Morgan fingerprint density at radius 1 is 1.16 bits per heavy atom. The van der Waals surface area contributed by atoms with Gasteiger partial charge in [-0.2, -0.15) is 0 Å². The molecule has 1 atom stereocenters. The molecule has 3 aromatic rings. The summed E-state index contributed by atoms with van der Waals surface area (Å²) in [7, 11) is 0. The second kappa shape index (κ2) is 10.2. The number of nitrogens with zero attached hydrogens (tertiary/aromatic N) is 2. The fraction of sp³-hybridized carbons (Fsp3) is 0.174. The van der Waals surface area contributed by atoms with E-state index in [9.17, 15) is 14.4 Å². The number of nitrogens with two attached hydrogens (primary N) is 1. The number of hydrogen-bond acceptors (Lipinski definition) is 5. The highest BCUT2D eigenvalue weighted by Gasteiger charge is 2.19. The lowest BCUT2D eigenvalue weighted by Gasteiger charge is -2.17. The normalized spacial score (nSPS) is 12.2. The number of carboxylic acid groups (broad SMARTS) is 1. The van der Waals surface area contributed by atoms with Crippen molar-refractivity contribution in [3.8, 4) is 0 Å². The van der Waals surface area contributed by atoms with Crippen LogP contribution in [0.25, 0.3) is 10.8 Å². The summed E-state index contributed by atoms with van der Waals surface area (Å²) in [4.78, 5) is 44.7. The number of carboxylic acids is 1. The van der Waals surface area contributed by atoms with Gasteiger partial charge in [0, 0.05) is 18.0 Å². The second-order valence-corrected chi connectivity index (χ2v) is 7.15. The molecule has 2 aromatic carbocycles. The van der Waals surface area contributed by atoms with Crippen molar-refractivity contribution in [3.05, 3.63) is 72.1 Å². The Morgan fingerprint density at radius 2 is 1.94 bits per heavy atom. The number of benzene rings is 2. The number of amides is 2. The minimum atomic E-state index is -1.07. The molecule has 0 aliphatic heterocycles. The van der Waals surface area contributed by atoms with Crippen LogP contribution >= 0.6 is 0 Å². The Balaban J connectivity index is 1.75. The van der Waals surface area contributed by atoms with E-state index in [1.54, 1.807) is 37.4 Å². The first-order valence-electron chi connectivity index (χ1n) is 9.86. The zero-order valence-electron chi connectivity index (χ0n) is 17.4. The van der Waals surface area contributed by atoms with Gasteiger partial charge >= 0.3 is 5.97 Å². The Morgan fingerprint density at radius 3 is 2.62 bits per heavy atom. The first kappa shape index (κ1) is 22.4. The van der Waals surface area contributed by atoms with E-state index in [2.05, 4.69) is 20.6 Å². The van der Waals surface area contributed by atoms with Gasteiger partial charge in [-0.25, -0.2) is 4.99 Å². The van der Waals surface area contributed by atoms with Crippen molar-refractivity contribution >= 4 is 40.1 Å². The van der Waals surface area contributed by atoms with Gasteiger partial charge in [-0.15, -0.1) is 0 Å².